The second-order valence-corrected chi connectivity index (χ2v) is 9.35. The van der Waals surface area contributed by atoms with Gasteiger partial charge in [-0.05, 0) is 95.5 Å². The molecule has 1 aliphatic rings. The third kappa shape index (κ3) is 5.75. The lowest BCUT2D eigenvalue weighted by Crippen LogP contribution is -2.11. The molecular weight excluding hydrogens is 487 g/mol. The molecule has 1 aromatic heterocycles. The molecule has 4 aromatic rings. The van der Waals surface area contributed by atoms with Gasteiger partial charge < -0.3 is 9.47 Å². The fraction of sp³-hybridized carbons (Fsp3) is 0.219. The second kappa shape index (κ2) is 11.1. The van der Waals surface area contributed by atoms with Crippen LogP contribution in [0.15, 0.2) is 91.3 Å². The summed E-state index contributed by atoms with van der Waals surface area (Å²) in [7, 11) is 1.63. The van der Waals surface area contributed by atoms with E-state index in [1.165, 1.54) is 12.1 Å². The van der Waals surface area contributed by atoms with Crippen molar-refractivity contribution in [3.8, 4) is 22.6 Å². The van der Waals surface area contributed by atoms with Gasteiger partial charge in [-0.25, -0.2) is 0 Å². The first-order chi connectivity index (χ1) is 18.4. The molecule has 1 heterocycles. The molecule has 1 aliphatic carbocycles. The van der Waals surface area contributed by atoms with Gasteiger partial charge in [-0.2, -0.15) is 13.2 Å². The predicted molar refractivity (Wildman–Crippen MR) is 144 cm³/mol. The lowest BCUT2D eigenvalue weighted by atomic mass is 9.92. The van der Waals surface area contributed by atoms with Crippen molar-refractivity contribution in [2.75, 3.05) is 7.11 Å². The van der Waals surface area contributed by atoms with Gasteiger partial charge in [0.15, 0.2) is 11.5 Å². The molecule has 0 aliphatic heterocycles. The highest BCUT2D eigenvalue weighted by Crippen LogP contribution is 2.39. The van der Waals surface area contributed by atoms with Gasteiger partial charge >= 0.3 is 6.18 Å². The zero-order valence-corrected chi connectivity index (χ0v) is 21.0. The summed E-state index contributed by atoms with van der Waals surface area (Å²) in [5.41, 5.74) is 3.66. The standard InChI is InChI=1S/C32H28F3NO2/c1-37-30-15-14-25(21-31(30)38-26-6-2-3-7-26)28(20-22-16-18-36-19-17-22)24-12-10-23(11-13-24)27-8-4-5-9-29(27)32(33,34)35/h4-5,8-21,26H,2-3,6-7H2,1H3. The molecule has 0 amide bonds. The Kier molecular flexibility index (Phi) is 7.50. The van der Waals surface area contributed by atoms with Crippen LogP contribution in [0.1, 0.15) is 47.9 Å². The third-order valence-corrected chi connectivity index (χ3v) is 6.83. The van der Waals surface area contributed by atoms with E-state index in [0.717, 1.165) is 54.0 Å². The smallest absolute Gasteiger partial charge is 0.417 e. The highest BCUT2D eigenvalue weighted by atomic mass is 19.4. The molecule has 6 heteroatoms. The Bertz CT molecular complexity index is 1410. The highest BCUT2D eigenvalue weighted by molar-refractivity contribution is 5.92. The van der Waals surface area contributed by atoms with Crippen LogP contribution in [0, 0.1) is 0 Å². The monoisotopic (exact) mass is 515 g/mol. The molecule has 194 valence electrons. The van der Waals surface area contributed by atoms with Gasteiger partial charge in [-0.15, -0.1) is 0 Å². The van der Waals surface area contributed by atoms with Crippen molar-refractivity contribution in [2.24, 2.45) is 0 Å². The minimum Gasteiger partial charge on any atom is -0.493 e. The van der Waals surface area contributed by atoms with Crippen LogP contribution in [0.2, 0.25) is 0 Å². The topological polar surface area (TPSA) is 31.4 Å². The molecule has 0 atom stereocenters. The van der Waals surface area contributed by atoms with Crippen LogP contribution in [-0.4, -0.2) is 18.2 Å². The average Bonchev–Trinajstić information content (AvgIpc) is 3.45. The lowest BCUT2D eigenvalue weighted by Gasteiger charge is -2.18. The second-order valence-electron chi connectivity index (χ2n) is 9.35. The zero-order chi connectivity index (χ0) is 26.5. The Hall–Kier alpha value is -4.06. The quantitative estimate of drug-likeness (QED) is 0.247. The molecule has 0 N–H and O–H groups in total. The number of ether oxygens (including phenoxy) is 2. The van der Waals surface area contributed by atoms with E-state index in [-0.39, 0.29) is 11.7 Å². The molecule has 0 unspecified atom stereocenters. The van der Waals surface area contributed by atoms with Gasteiger partial charge in [0.2, 0.25) is 0 Å². The first-order valence-corrected chi connectivity index (χ1v) is 12.7. The van der Waals surface area contributed by atoms with Crippen LogP contribution < -0.4 is 9.47 Å². The van der Waals surface area contributed by atoms with Crippen molar-refractivity contribution in [2.45, 2.75) is 38.0 Å². The van der Waals surface area contributed by atoms with Crippen molar-refractivity contribution >= 4 is 11.6 Å². The number of benzene rings is 3. The zero-order valence-electron chi connectivity index (χ0n) is 21.0. The van der Waals surface area contributed by atoms with E-state index in [4.69, 9.17) is 9.47 Å². The van der Waals surface area contributed by atoms with Crippen LogP contribution in [0.25, 0.3) is 22.8 Å². The Morgan fingerprint density at radius 1 is 0.842 bits per heavy atom. The number of aromatic nitrogens is 1. The van der Waals surface area contributed by atoms with Crippen LogP contribution in [0.5, 0.6) is 11.5 Å². The first kappa shape index (κ1) is 25.6. The summed E-state index contributed by atoms with van der Waals surface area (Å²) >= 11 is 0. The normalized spacial score (nSPS) is 14.5. The molecule has 38 heavy (non-hydrogen) atoms. The van der Waals surface area contributed by atoms with Crippen LogP contribution in [0.3, 0.4) is 0 Å². The van der Waals surface area contributed by atoms with E-state index in [9.17, 15) is 13.2 Å². The Labute approximate surface area is 220 Å². The van der Waals surface area contributed by atoms with E-state index < -0.39 is 11.7 Å². The molecule has 5 rings (SSSR count). The van der Waals surface area contributed by atoms with E-state index in [1.54, 1.807) is 37.7 Å². The molecule has 0 bridgehead atoms. The average molecular weight is 516 g/mol. The molecular formula is C32H28F3NO2. The molecule has 1 fully saturated rings. The number of halogens is 3. The summed E-state index contributed by atoms with van der Waals surface area (Å²) in [6, 6.07) is 22.5. The van der Waals surface area contributed by atoms with Crippen molar-refractivity contribution in [3.05, 3.63) is 114 Å². The maximum absolute atomic E-state index is 13.6. The summed E-state index contributed by atoms with van der Waals surface area (Å²) in [6.45, 7) is 0. The van der Waals surface area contributed by atoms with Gasteiger partial charge in [-0.1, -0.05) is 48.5 Å². The maximum atomic E-state index is 13.6. The number of methoxy groups -OCH3 is 1. The summed E-state index contributed by atoms with van der Waals surface area (Å²) < 4.78 is 52.7. The van der Waals surface area contributed by atoms with Gasteiger partial charge in [0.25, 0.3) is 0 Å². The van der Waals surface area contributed by atoms with Crippen molar-refractivity contribution < 1.29 is 22.6 Å². The number of alkyl halides is 3. The third-order valence-electron chi connectivity index (χ3n) is 6.83. The summed E-state index contributed by atoms with van der Waals surface area (Å²) in [5.74, 6) is 1.36. The first-order valence-electron chi connectivity index (χ1n) is 12.7. The fourth-order valence-corrected chi connectivity index (χ4v) is 4.89. The van der Waals surface area contributed by atoms with Crippen molar-refractivity contribution in [1.82, 2.24) is 4.98 Å². The minimum atomic E-state index is -4.43. The van der Waals surface area contributed by atoms with Crippen LogP contribution >= 0.6 is 0 Å². The predicted octanol–water partition coefficient (Wildman–Crippen LogP) is 8.69. The molecule has 3 nitrogen and oxygen atoms in total. The molecule has 0 radical (unpaired) electrons. The summed E-state index contributed by atoms with van der Waals surface area (Å²) in [6.07, 6.45) is 5.59. The lowest BCUT2D eigenvalue weighted by molar-refractivity contribution is -0.137. The maximum Gasteiger partial charge on any atom is 0.417 e. The van der Waals surface area contributed by atoms with Crippen molar-refractivity contribution in [3.63, 3.8) is 0 Å². The van der Waals surface area contributed by atoms with Crippen LogP contribution in [0.4, 0.5) is 13.2 Å². The SMILES string of the molecule is COc1ccc(C(=Cc2ccncc2)c2ccc(-c3ccccc3C(F)(F)F)cc2)cc1OC1CCCC1. The Balaban J connectivity index is 1.56. The van der Waals surface area contributed by atoms with Gasteiger partial charge in [-0.3, -0.25) is 4.98 Å². The number of nitrogens with zero attached hydrogens (tertiary/aromatic N) is 1. The number of hydrogen-bond donors (Lipinski definition) is 0. The Morgan fingerprint density at radius 2 is 1.53 bits per heavy atom. The summed E-state index contributed by atoms with van der Waals surface area (Å²) in [5, 5.41) is 0. The number of rotatable bonds is 7. The molecule has 0 spiro atoms. The molecule has 3 aromatic carbocycles. The van der Waals surface area contributed by atoms with Gasteiger partial charge in [0.1, 0.15) is 0 Å². The number of pyridine rings is 1. The minimum absolute atomic E-state index is 0.155. The van der Waals surface area contributed by atoms with E-state index in [2.05, 4.69) is 4.98 Å². The largest absolute Gasteiger partial charge is 0.493 e. The van der Waals surface area contributed by atoms with Crippen molar-refractivity contribution in [1.29, 1.82) is 0 Å². The fourth-order valence-electron chi connectivity index (χ4n) is 4.89. The summed E-state index contributed by atoms with van der Waals surface area (Å²) in [4.78, 5) is 4.11. The van der Waals surface area contributed by atoms with Gasteiger partial charge in [0, 0.05) is 12.4 Å². The number of hydrogen-bond acceptors (Lipinski definition) is 3. The van der Waals surface area contributed by atoms with E-state index in [0.29, 0.717) is 17.1 Å². The van der Waals surface area contributed by atoms with E-state index in [1.807, 2.05) is 48.5 Å². The Morgan fingerprint density at radius 3 is 2.21 bits per heavy atom. The van der Waals surface area contributed by atoms with Gasteiger partial charge in [0.05, 0.1) is 18.8 Å². The molecule has 0 saturated heterocycles. The molecule has 1 saturated carbocycles. The van der Waals surface area contributed by atoms with Crippen LogP contribution in [-0.2, 0) is 6.18 Å². The van der Waals surface area contributed by atoms with E-state index >= 15 is 0 Å². The highest BCUT2D eigenvalue weighted by Gasteiger charge is 2.33.